The number of halogens is 1. The van der Waals surface area contributed by atoms with Crippen LogP contribution in [0, 0.1) is 0 Å². The summed E-state index contributed by atoms with van der Waals surface area (Å²) in [6.45, 7) is 0. The standard InChI is InChI=1S/C10H7ClO3/c11-10(6-8(12)14-9(10)13)7-4-2-1-3-5-7/h1-5H,6H2. The van der Waals surface area contributed by atoms with Crippen molar-refractivity contribution < 1.29 is 14.3 Å². The van der Waals surface area contributed by atoms with Crippen molar-refractivity contribution in [2.45, 2.75) is 11.3 Å². The first kappa shape index (κ1) is 9.21. The smallest absolute Gasteiger partial charge is 0.340 e. The zero-order valence-corrected chi connectivity index (χ0v) is 7.95. The first-order valence-corrected chi connectivity index (χ1v) is 4.50. The summed E-state index contributed by atoms with van der Waals surface area (Å²) in [5.41, 5.74) is 0.595. The van der Waals surface area contributed by atoms with Gasteiger partial charge in [0.1, 0.15) is 0 Å². The average molecular weight is 211 g/mol. The Morgan fingerprint density at radius 2 is 1.86 bits per heavy atom. The average Bonchev–Trinajstić information content (AvgIpc) is 2.43. The van der Waals surface area contributed by atoms with E-state index in [9.17, 15) is 9.59 Å². The molecule has 1 aliphatic rings. The highest BCUT2D eigenvalue weighted by atomic mass is 35.5. The number of carbonyl (C=O) groups is 2. The second kappa shape index (κ2) is 3.10. The molecule has 1 aromatic rings. The first-order valence-electron chi connectivity index (χ1n) is 4.12. The summed E-state index contributed by atoms with van der Waals surface area (Å²) in [7, 11) is 0. The maximum absolute atomic E-state index is 11.3. The van der Waals surface area contributed by atoms with Crippen molar-refractivity contribution >= 4 is 23.5 Å². The minimum absolute atomic E-state index is 0.0998. The monoisotopic (exact) mass is 210 g/mol. The lowest BCUT2D eigenvalue weighted by Crippen LogP contribution is -2.24. The molecule has 14 heavy (non-hydrogen) atoms. The van der Waals surface area contributed by atoms with Crippen LogP contribution in [-0.2, 0) is 19.2 Å². The topological polar surface area (TPSA) is 43.4 Å². The summed E-state index contributed by atoms with van der Waals surface area (Å²) < 4.78 is 4.42. The van der Waals surface area contributed by atoms with Gasteiger partial charge in [-0.25, -0.2) is 4.79 Å². The van der Waals surface area contributed by atoms with Gasteiger partial charge in [-0.2, -0.15) is 0 Å². The van der Waals surface area contributed by atoms with Gasteiger partial charge in [0, 0.05) is 0 Å². The molecule has 72 valence electrons. The third-order valence-corrected chi connectivity index (χ3v) is 2.66. The first-order chi connectivity index (χ1) is 6.63. The molecular weight excluding hydrogens is 204 g/mol. The predicted molar refractivity (Wildman–Crippen MR) is 49.7 cm³/mol. The Kier molecular flexibility index (Phi) is 2.04. The Hall–Kier alpha value is -1.35. The van der Waals surface area contributed by atoms with E-state index in [0.717, 1.165) is 0 Å². The largest absolute Gasteiger partial charge is 0.391 e. The fourth-order valence-corrected chi connectivity index (χ4v) is 1.69. The summed E-state index contributed by atoms with van der Waals surface area (Å²) in [4.78, 5) is 20.9. The maximum Gasteiger partial charge on any atom is 0.340 e. The number of hydrogen-bond acceptors (Lipinski definition) is 3. The van der Waals surface area contributed by atoms with Crippen molar-refractivity contribution in [3.8, 4) is 0 Å². The van der Waals surface area contributed by atoms with Gasteiger partial charge in [0.15, 0.2) is 4.87 Å². The minimum atomic E-state index is -1.32. The molecule has 0 radical (unpaired) electrons. The summed E-state index contributed by atoms with van der Waals surface area (Å²) in [5, 5.41) is 0. The number of ether oxygens (including phenoxy) is 1. The lowest BCUT2D eigenvalue weighted by Gasteiger charge is -2.14. The van der Waals surface area contributed by atoms with E-state index in [-0.39, 0.29) is 6.42 Å². The Labute approximate surface area is 85.6 Å². The van der Waals surface area contributed by atoms with Crippen LogP contribution in [0.5, 0.6) is 0 Å². The molecule has 2 rings (SSSR count). The number of rotatable bonds is 1. The Morgan fingerprint density at radius 3 is 2.36 bits per heavy atom. The minimum Gasteiger partial charge on any atom is -0.391 e. The highest BCUT2D eigenvalue weighted by molar-refractivity contribution is 6.37. The van der Waals surface area contributed by atoms with Crippen LogP contribution in [0.3, 0.4) is 0 Å². The van der Waals surface area contributed by atoms with Gasteiger partial charge in [-0.15, -0.1) is 11.6 Å². The molecule has 1 atom stereocenters. The molecule has 0 aliphatic carbocycles. The van der Waals surface area contributed by atoms with Gasteiger partial charge in [0.25, 0.3) is 0 Å². The highest BCUT2D eigenvalue weighted by Crippen LogP contribution is 2.38. The fraction of sp³-hybridized carbons (Fsp3) is 0.200. The van der Waals surface area contributed by atoms with Gasteiger partial charge >= 0.3 is 11.9 Å². The number of alkyl halides is 1. The highest BCUT2D eigenvalue weighted by Gasteiger charge is 2.49. The summed E-state index contributed by atoms with van der Waals surface area (Å²) in [5.74, 6) is -1.26. The number of benzene rings is 1. The molecule has 1 aliphatic heterocycles. The van der Waals surface area contributed by atoms with Crippen molar-refractivity contribution in [2.75, 3.05) is 0 Å². The van der Waals surface area contributed by atoms with Gasteiger partial charge in [0.2, 0.25) is 0 Å². The van der Waals surface area contributed by atoms with E-state index in [2.05, 4.69) is 4.74 Å². The molecule has 0 amide bonds. The molecule has 1 aromatic carbocycles. The van der Waals surface area contributed by atoms with Crippen LogP contribution in [0.4, 0.5) is 0 Å². The molecule has 0 saturated carbocycles. The van der Waals surface area contributed by atoms with Crippen molar-refractivity contribution in [1.82, 2.24) is 0 Å². The second-order valence-corrected chi connectivity index (χ2v) is 3.75. The molecule has 1 unspecified atom stereocenters. The molecular formula is C10H7ClO3. The quantitative estimate of drug-likeness (QED) is 0.402. The third kappa shape index (κ3) is 1.30. The second-order valence-electron chi connectivity index (χ2n) is 3.11. The van der Waals surface area contributed by atoms with E-state index in [1.165, 1.54) is 0 Å². The van der Waals surface area contributed by atoms with Crippen molar-refractivity contribution in [3.63, 3.8) is 0 Å². The fourth-order valence-electron chi connectivity index (χ4n) is 1.41. The van der Waals surface area contributed by atoms with Gasteiger partial charge in [0.05, 0.1) is 6.42 Å². The van der Waals surface area contributed by atoms with Crippen LogP contribution >= 0.6 is 11.6 Å². The number of cyclic esters (lactones) is 2. The van der Waals surface area contributed by atoms with Crippen LogP contribution in [-0.4, -0.2) is 11.9 Å². The van der Waals surface area contributed by atoms with Crippen LogP contribution < -0.4 is 0 Å². The maximum atomic E-state index is 11.3. The van der Waals surface area contributed by atoms with Gasteiger partial charge < -0.3 is 4.74 Å². The van der Waals surface area contributed by atoms with Gasteiger partial charge in [-0.05, 0) is 5.56 Å². The Morgan fingerprint density at radius 1 is 1.21 bits per heavy atom. The van der Waals surface area contributed by atoms with E-state index >= 15 is 0 Å². The van der Waals surface area contributed by atoms with E-state index in [4.69, 9.17) is 11.6 Å². The normalized spacial score (nSPS) is 26.4. The molecule has 0 spiro atoms. The molecule has 1 heterocycles. The molecule has 1 fully saturated rings. The van der Waals surface area contributed by atoms with Crippen LogP contribution in [0.15, 0.2) is 30.3 Å². The van der Waals surface area contributed by atoms with Crippen molar-refractivity contribution in [3.05, 3.63) is 35.9 Å². The lowest BCUT2D eigenvalue weighted by molar-refractivity contribution is -0.152. The summed E-state index contributed by atoms with van der Waals surface area (Å²) in [6.07, 6.45) is -0.0998. The third-order valence-electron chi connectivity index (χ3n) is 2.15. The van der Waals surface area contributed by atoms with E-state index in [0.29, 0.717) is 5.56 Å². The van der Waals surface area contributed by atoms with Crippen LogP contribution in [0.2, 0.25) is 0 Å². The summed E-state index contributed by atoms with van der Waals surface area (Å²) >= 11 is 6.05. The SMILES string of the molecule is O=C1CC(Cl)(c2ccccc2)C(=O)O1. The molecule has 0 aromatic heterocycles. The zero-order chi connectivity index (χ0) is 10.2. The van der Waals surface area contributed by atoms with Gasteiger partial charge in [-0.1, -0.05) is 30.3 Å². The van der Waals surface area contributed by atoms with Crippen LogP contribution in [0.1, 0.15) is 12.0 Å². The van der Waals surface area contributed by atoms with E-state index in [1.807, 2.05) is 6.07 Å². The van der Waals surface area contributed by atoms with E-state index in [1.54, 1.807) is 24.3 Å². The Balaban J connectivity index is 2.43. The molecule has 0 N–H and O–H groups in total. The number of esters is 2. The predicted octanol–water partition coefficient (Wildman–Crippen LogP) is 1.59. The molecule has 1 saturated heterocycles. The summed E-state index contributed by atoms with van der Waals surface area (Å²) in [6, 6.07) is 8.73. The molecule has 4 heteroatoms. The van der Waals surface area contributed by atoms with Gasteiger partial charge in [-0.3, -0.25) is 4.79 Å². The van der Waals surface area contributed by atoms with Crippen molar-refractivity contribution in [1.29, 1.82) is 0 Å². The Bertz CT molecular complexity index is 388. The number of hydrogen-bond donors (Lipinski definition) is 0. The molecule has 0 bridgehead atoms. The lowest BCUT2D eigenvalue weighted by atomic mass is 9.97. The van der Waals surface area contributed by atoms with Crippen LogP contribution in [0.25, 0.3) is 0 Å². The van der Waals surface area contributed by atoms with E-state index < -0.39 is 16.8 Å². The zero-order valence-electron chi connectivity index (χ0n) is 7.20. The number of carbonyl (C=O) groups excluding carboxylic acids is 2. The van der Waals surface area contributed by atoms with Crippen molar-refractivity contribution in [2.24, 2.45) is 0 Å². The molecule has 3 nitrogen and oxygen atoms in total.